The van der Waals surface area contributed by atoms with E-state index in [4.69, 9.17) is 15.6 Å². The van der Waals surface area contributed by atoms with E-state index in [-0.39, 0.29) is 12.3 Å². The normalized spacial score (nSPS) is 15.6. The lowest BCUT2D eigenvalue weighted by Gasteiger charge is -2.33. The molecule has 3 N–H and O–H groups in total. The predicted octanol–water partition coefficient (Wildman–Crippen LogP) is 2.14. The summed E-state index contributed by atoms with van der Waals surface area (Å²) < 4.78 is 5.84. The first kappa shape index (κ1) is 21.8. The Morgan fingerprint density at radius 2 is 1.50 bits per heavy atom. The minimum absolute atomic E-state index is 0.00594. The lowest BCUT2D eigenvalue weighted by molar-refractivity contribution is -0.137. The van der Waals surface area contributed by atoms with E-state index in [0.29, 0.717) is 24.3 Å². The molecule has 2 aromatic carbocycles. The molecule has 160 valence electrons. The number of aryl methyl sites for hydroxylation is 1. The Hall–Kier alpha value is -2.90. The van der Waals surface area contributed by atoms with Crippen LogP contribution in [-0.4, -0.2) is 66.1 Å². The van der Waals surface area contributed by atoms with E-state index in [2.05, 4.69) is 11.9 Å². The zero-order chi connectivity index (χ0) is 21.5. The van der Waals surface area contributed by atoms with Crippen molar-refractivity contribution in [3.05, 3.63) is 59.7 Å². The molecular formula is C23H29N3O4. The van der Waals surface area contributed by atoms with Crippen molar-refractivity contribution in [2.45, 2.75) is 25.3 Å². The van der Waals surface area contributed by atoms with Crippen LogP contribution < -0.4 is 10.5 Å². The molecule has 30 heavy (non-hydrogen) atoms. The topological polar surface area (TPSA) is 96.1 Å². The first-order valence-electron chi connectivity index (χ1n) is 10.2. The SMILES string of the molecule is CN1CCN(C(=O)C(N)Cc2ccc(Oc3ccc(CCC(=O)O)cc3)cc2)CC1. The van der Waals surface area contributed by atoms with Crippen LogP contribution in [0.2, 0.25) is 0 Å². The molecule has 0 saturated carbocycles. The number of likely N-dealkylation sites (N-methyl/N-ethyl adjacent to an activating group) is 1. The monoisotopic (exact) mass is 411 g/mol. The number of rotatable bonds is 8. The zero-order valence-electron chi connectivity index (χ0n) is 17.3. The molecule has 3 rings (SSSR count). The van der Waals surface area contributed by atoms with Crippen molar-refractivity contribution in [3.63, 3.8) is 0 Å². The molecule has 1 heterocycles. The van der Waals surface area contributed by atoms with Crippen molar-refractivity contribution in [2.24, 2.45) is 5.73 Å². The Morgan fingerprint density at radius 1 is 0.967 bits per heavy atom. The number of nitrogens with zero attached hydrogens (tertiary/aromatic N) is 2. The fourth-order valence-electron chi connectivity index (χ4n) is 3.41. The number of carbonyl (C=O) groups is 2. The summed E-state index contributed by atoms with van der Waals surface area (Å²) in [6.07, 6.45) is 1.10. The average Bonchev–Trinajstić information content (AvgIpc) is 2.74. The van der Waals surface area contributed by atoms with E-state index in [1.54, 1.807) is 0 Å². The highest BCUT2D eigenvalue weighted by Gasteiger charge is 2.24. The van der Waals surface area contributed by atoms with Gasteiger partial charge in [-0.1, -0.05) is 24.3 Å². The standard InChI is InChI=1S/C23H29N3O4/c1-25-12-14-26(15-13-25)23(29)21(24)16-18-4-9-20(10-5-18)30-19-7-2-17(3-8-19)6-11-22(27)28/h2-5,7-10,21H,6,11-16,24H2,1H3,(H,27,28). The fraction of sp³-hybridized carbons (Fsp3) is 0.391. The van der Waals surface area contributed by atoms with Gasteiger partial charge in [0, 0.05) is 32.6 Å². The van der Waals surface area contributed by atoms with Gasteiger partial charge in [0.15, 0.2) is 0 Å². The van der Waals surface area contributed by atoms with E-state index in [1.807, 2.05) is 53.4 Å². The number of amides is 1. The van der Waals surface area contributed by atoms with Gasteiger partial charge in [0.05, 0.1) is 6.04 Å². The lowest BCUT2D eigenvalue weighted by Crippen LogP contribution is -2.52. The van der Waals surface area contributed by atoms with Gasteiger partial charge >= 0.3 is 5.97 Å². The molecule has 0 spiro atoms. The summed E-state index contributed by atoms with van der Waals surface area (Å²) in [7, 11) is 2.05. The Morgan fingerprint density at radius 3 is 2.03 bits per heavy atom. The van der Waals surface area contributed by atoms with Crippen LogP contribution in [0.15, 0.2) is 48.5 Å². The lowest BCUT2D eigenvalue weighted by atomic mass is 10.0. The van der Waals surface area contributed by atoms with E-state index >= 15 is 0 Å². The maximum Gasteiger partial charge on any atom is 0.303 e. The number of carboxylic acid groups (broad SMARTS) is 1. The molecule has 7 nitrogen and oxygen atoms in total. The van der Waals surface area contributed by atoms with E-state index in [9.17, 15) is 9.59 Å². The van der Waals surface area contributed by atoms with Crippen LogP contribution in [0.3, 0.4) is 0 Å². The third-order valence-electron chi connectivity index (χ3n) is 5.30. The second-order valence-electron chi connectivity index (χ2n) is 7.72. The smallest absolute Gasteiger partial charge is 0.303 e. The largest absolute Gasteiger partial charge is 0.481 e. The Kier molecular flexibility index (Phi) is 7.43. The van der Waals surface area contributed by atoms with Gasteiger partial charge in [0.25, 0.3) is 0 Å². The molecule has 1 amide bonds. The second kappa shape index (κ2) is 10.2. The quantitative estimate of drug-likeness (QED) is 0.691. The van der Waals surface area contributed by atoms with Crippen LogP contribution in [0.1, 0.15) is 17.5 Å². The Bertz CT molecular complexity index is 844. The average molecular weight is 412 g/mol. The van der Waals surface area contributed by atoms with Crippen molar-refractivity contribution in [1.82, 2.24) is 9.80 Å². The van der Waals surface area contributed by atoms with Gasteiger partial charge in [-0.3, -0.25) is 9.59 Å². The summed E-state index contributed by atoms with van der Waals surface area (Å²) in [6.45, 7) is 3.21. The van der Waals surface area contributed by atoms with Gasteiger partial charge in [-0.05, 0) is 55.3 Å². The molecule has 0 aliphatic carbocycles. The number of nitrogens with two attached hydrogens (primary N) is 1. The molecule has 1 saturated heterocycles. The maximum atomic E-state index is 12.6. The summed E-state index contributed by atoms with van der Waals surface area (Å²) in [5.74, 6) is 0.576. The third-order valence-corrected chi connectivity index (χ3v) is 5.30. The summed E-state index contributed by atoms with van der Waals surface area (Å²) in [6, 6.07) is 14.4. The van der Waals surface area contributed by atoms with E-state index < -0.39 is 12.0 Å². The molecule has 0 radical (unpaired) electrons. The van der Waals surface area contributed by atoms with Crippen LogP contribution in [0.25, 0.3) is 0 Å². The number of carboxylic acids is 1. The van der Waals surface area contributed by atoms with Gasteiger partial charge in [-0.15, -0.1) is 0 Å². The number of ether oxygens (including phenoxy) is 1. The van der Waals surface area contributed by atoms with Gasteiger partial charge in [0.2, 0.25) is 5.91 Å². The predicted molar refractivity (Wildman–Crippen MR) is 115 cm³/mol. The van der Waals surface area contributed by atoms with E-state index in [0.717, 1.165) is 37.3 Å². The van der Waals surface area contributed by atoms with Gasteiger partial charge in [0.1, 0.15) is 11.5 Å². The van der Waals surface area contributed by atoms with Crippen LogP contribution >= 0.6 is 0 Å². The fourth-order valence-corrected chi connectivity index (χ4v) is 3.41. The minimum Gasteiger partial charge on any atom is -0.481 e. The van der Waals surface area contributed by atoms with Gasteiger partial charge < -0.3 is 25.4 Å². The van der Waals surface area contributed by atoms with Crippen LogP contribution in [0, 0.1) is 0 Å². The van der Waals surface area contributed by atoms with E-state index in [1.165, 1.54) is 0 Å². The molecule has 0 aromatic heterocycles. The van der Waals surface area contributed by atoms with Crippen LogP contribution in [-0.2, 0) is 22.4 Å². The molecule has 1 atom stereocenters. The summed E-state index contributed by atoms with van der Waals surface area (Å²) in [4.78, 5) is 27.3. The zero-order valence-corrected chi connectivity index (χ0v) is 17.3. The van der Waals surface area contributed by atoms with Crippen molar-refractivity contribution < 1.29 is 19.4 Å². The van der Waals surface area contributed by atoms with Crippen molar-refractivity contribution in [1.29, 1.82) is 0 Å². The second-order valence-corrected chi connectivity index (χ2v) is 7.72. The number of aliphatic carboxylic acids is 1. The number of benzene rings is 2. The highest BCUT2D eigenvalue weighted by atomic mass is 16.5. The molecule has 1 unspecified atom stereocenters. The van der Waals surface area contributed by atoms with Crippen molar-refractivity contribution in [3.8, 4) is 11.5 Å². The number of carbonyl (C=O) groups excluding carboxylic acids is 1. The molecule has 1 aliphatic heterocycles. The van der Waals surface area contributed by atoms with Gasteiger partial charge in [-0.2, -0.15) is 0 Å². The maximum absolute atomic E-state index is 12.6. The number of piperazine rings is 1. The minimum atomic E-state index is -0.805. The van der Waals surface area contributed by atoms with Crippen molar-refractivity contribution in [2.75, 3.05) is 33.2 Å². The molecular weight excluding hydrogens is 382 g/mol. The van der Waals surface area contributed by atoms with Gasteiger partial charge in [-0.25, -0.2) is 0 Å². The molecule has 1 aliphatic rings. The molecule has 7 heteroatoms. The first-order chi connectivity index (χ1) is 14.4. The Labute approximate surface area is 177 Å². The van der Waals surface area contributed by atoms with Crippen LogP contribution in [0.5, 0.6) is 11.5 Å². The summed E-state index contributed by atoms with van der Waals surface area (Å²) >= 11 is 0. The highest BCUT2D eigenvalue weighted by Crippen LogP contribution is 2.23. The molecule has 2 aromatic rings. The first-order valence-corrected chi connectivity index (χ1v) is 10.2. The number of hydrogen-bond donors (Lipinski definition) is 2. The Balaban J connectivity index is 1.50. The summed E-state index contributed by atoms with van der Waals surface area (Å²) in [5.41, 5.74) is 8.11. The van der Waals surface area contributed by atoms with Crippen LogP contribution in [0.4, 0.5) is 0 Å². The third kappa shape index (κ3) is 6.30. The molecule has 0 bridgehead atoms. The summed E-state index contributed by atoms with van der Waals surface area (Å²) in [5, 5.41) is 8.75. The number of hydrogen-bond acceptors (Lipinski definition) is 5. The highest BCUT2D eigenvalue weighted by molar-refractivity contribution is 5.82. The molecule has 1 fully saturated rings. The van der Waals surface area contributed by atoms with Crippen molar-refractivity contribution >= 4 is 11.9 Å².